The third-order valence-corrected chi connectivity index (χ3v) is 6.89. The molecule has 0 radical (unpaired) electrons. The van der Waals surface area contributed by atoms with E-state index in [9.17, 15) is 13.2 Å². The maximum atomic E-state index is 12.9. The van der Waals surface area contributed by atoms with Gasteiger partial charge in [0.1, 0.15) is 10.5 Å². The number of ether oxygens (including phenoxy) is 1. The number of carbonyl (C=O) groups is 1. The number of nitrogen functional groups attached to an aromatic ring is 1. The van der Waals surface area contributed by atoms with E-state index in [1.54, 1.807) is 32.9 Å². The molecule has 1 aromatic carbocycles. The Bertz CT molecular complexity index is 746. The van der Waals surface area contributed by atoms with Crippen LogP contribution in [0.1, 0.15) is 20.8 Å². The van der Waals surface area contributed by atoms with Gasteiger partial charge in [0, 0.05) is 35.1 Å². The Morgan fingerprint density at radius 3 is 2.20 bits per heavy atom. The molecule has 0 bridgehead atoms. The molecule has 1 aliphatic heterocycles. The van der Waals surface area contributed by atoms with Crippen molar-refractivity contribution in [2.75, 3.05) is 31.9 Å². The Morgan fingerprint density at radius 2 is 1.72 bits per heavy atom. The molecule has 0 spiro atoms. The number of rotatable bonds is 2. The molecular weight excluding hydrogens is 478 g/mol. The molecule has 1 fully saturated rings. The second-order valence-corrected chi connectivity index (χ2v) is 10.3. The summed E-state index contributed by atoms with van der Waals surface area (Å²) in [6.07, 6.45) is -0.436. The monoisotopic (exact) mass is 497 g/mol. The van der Waals surface area contributed by atoms with Crippen molar-refractivity contribution in [3.63, 3.8) is 0 Å². The van der Waals surface area contributed by atoms with Gasteiger partial charge in [-0.3, -0.25) is 0 Å². The normalized spacial score (nSPS) is 16.8. The summed E-state index contributed by atoms with van der Waals surface area (Å²) in [6, 6.07) is 3.19. The van der Waals surface area contributed by atoms with Crippen LogP contribution in [-0.4, -0.2) is 55.5 Å². The number of piperazine rings is 1. The lowest BCUT2D eigenvalue weighted by Gasteiger charge is -2.35. The van der Waals surface area contributed by atoms with E-state index in [-0.39, 0.29) is 36.8 Å². The standard InChI is InChI=1S/C15H21Br2N3O4S/c1-15(2,3)24-14(21)19-4-6-20(7-5-19)25(22,23)13-11(17)8-10(16)9-12(13)18/h8-9H,4-7,18H2,1-3H3. The zero-order valence-electron chi connectivity index (χ0n) is 14.3. The molecule has 10 heteroatoms. The van der Waals surface area contributed by atoms with Gasteiger partial charge in [-0.15, -0.1) is 0 Å². The van der Waals surface area contributed by atoms with Crippen molar-refractivity contribution in [1.29, 1.82) is 0 Å². The zero-order valence-corrected chi connectivity index (χ0v) is 18.2. The highest BCUT2D eigenvalue weighted by atomic mass is 79.9. The smallest absolute Gasteiger partial charge is 0.410 e. The summed E-state index contributed by atoms with van der Waals surface area (Å²) in [7, 11) is -3.76. The minimum absolute atomic E-state index is 0.0430. The molecule has 1 aromatic rings. The van der Waals surface area contributed by atoms with Gasteiger partial charge in [0.15, 0.2) is 0 Å². The Kier molecular flexibility index (Phi) is 6.07. The number of carbonyl (C=O) groups excluding carboxylic acids is 1. The first-order valence-electron chi connectivity index (χ1n) is 7.64. The van der Waals surface area contributed by atoms with Crippen molar-refractivity contribution in [3.8, 4) is 0 Å². The highest BCUT2D eigenvalue weighted by molar-refractivity contribution is 9.11. The van der Waals surface area contributed by atoms with Gasteiger partial charge in [0.2, 0.25) is 10.0 Å². The molecule has 7 nitrogen and oxygen atoms in total. The van der Waals surface area contributed by atoms with E-state index < -0.39 is 21.7 Å². The van der Waals surface area contributed by atoms with E-state index >= 15 is 0 Å². The summed E-state index contributed by atoms with van der Waals surface area (Å²) in [4.78, 5) is 13.6. The van der Waals surface area contributed by atoms with Crippen molar-refractivity contribution in [2.45, 2.75) is 31.3 Å². The lowest BCUT2D eigenvalue weighted by atomic mass is 10.2. The molecule has 0 aliphatic carbocycles. The molecule has 2 rings (SSSR count). The van der Waals surface area contributed by atoms with Crippen molar-refractivity contribution in [2.24, 2.45) is 0 Å². The van der Waals surface area contributed by atoms with Crippen molar-refractivity contribution < 1.29 is 17.9 Å². The number of benzene rings is 1. The second kappa shape index (κ2) is 7.42. The minimum atomic E-state index is -3.76. The number of hydrogen-bond acceptors (Lipinski definition) is 5. The third kappa shape index (κ3) is 4.87. The fraction of sp³-hybridized carbons (Fsp3) is 0.533. The molecule has 2 N–H and O–H groups in total. The fourth-order valence-electron chi connectivity index (χ4n) is 2.42. The molecular formula is C15H21Br2N3O4S. The molecule has 140 valence electrons. The third-order valence-electron chi connectivity index (χ3n) is 3.53. The van der Waals surface area contributed by atoms with Gasteiger partial charge in [-0.2, -0.15) is 4.31 Å². The number of hydrogen-bond donors (Lipinski definition) is 1. The van der Waals surface area contributed by atoms with Crippen molar-refractivity contribution in [3.05, 3.63) is 21.1 Å². The first-order chi connectivity index (χ1) is 11.4. The average molecular weight is 499 g/mol. The van der Waals surface area contributed by atoms with Crippen LogP contribution in [0.3, 0.4) is 0 Å². The van der Waals surface area contributed by atoms with Gasteiger partial charge >= 0.3 is 6.09 Å². The van der Waals surface area contributed by atoms with Crippen LogP contribution in [0.25, 0.3) is 0 Å². The van der Waals surface area contributed by atoms with Crippen LogP contribution in [0.2, 0.25) is 0 Å². The van der Waals surface area contributed by atoms with Crippen LogP contribution in [0.15, 0.2) is 26.0 Å². The quantitative estimate of drug-likeness (QED) is 0.632. The molecule has 0 aromatic heterocycles. The predicted octanol–water partition coefficient (Wildman–Crippen LogP) is 3.04. The van der Waals surface area contributed by atoms with Crippen LogP contribution in [-0.2, 0) is 14.8 Å². The van der Waals surface area contributed by atoms with E-state index in [1.807, 2.05) is 0 Å². The molecule has 1 amide bonds. The molecule has 1 saturated heterocycles. The van der Waals surface area contributed by atoms with E-state index in [4.69, 9.17) is 10.5 Å². The zero-order chi connectivity index (χ0) is 19.0. The van der Waals surface area contributed by atoms with Gasteiger partial charge in [-0.25, -0.2) is 13.2 Å². The van der Waals surface area contributed by atoms with Gasteiger partial charge in [0.05, 0.1) is 5.69 Å². The summed E-state index contributed by atoms with van der Waals surface area (Å²) < 4.78 is 33.6. The summed E-state index contributed by atoms with van der Waals surface area (Å²) in [6.45, 7) is 6.27. The molecule has 25 heavy (non-hydrogen) atoms. The molecule has 0 saturated carbocycles. The topological polar surface area (TPSA) is 92.9 Å². The molecule has 1 aliphatic rings. The summed E-state index contributed by atoms with van der Waals surface area (Å²) in [5.74, 6) is 0. The fourth-order valence-corrected chi connectivity index (χ4v) is 5.86. The largest absolute Gasteiger partial charge is 0.444 e. The highest BCUT2D eigenvalue weighted by Crippen LogP contribution is 2.34. The SMILES string of the molecule is CC(C)(C)OC(=O)N1CCN(S(=O)(=O)c2c(N)cc(Br)cc2Br)CC1. The number of amides is 1. The highest BCUT2D eigenvalue weighted by Gasteiger charge is 2.34. The van der Waals surface area contributed by atoms with Crippen LogP contribution >= 0.6 is 31.9 Å². The number of halogens is 2. The molecule has 0 atom stereocenters. The number of sulfonamides is 1. The van der Waals surface area contributed by atoms with Gasteiger partial charge in [-0.05, 0) is 48.8 Å². The number of nitrogens with two attached hydrogens (primary N) is 1. The van der Waals surface area contributed by atoms with Crippen LogP contribution in [0.5, 0.6) is 0 Å². The Morgan fingerprint density at radius 1 is 1.16 bits per heavy atom. The number of nitrogens with zero attached hydrogens (tertiary/aromatic N) is 2. The molecule has 0 unspecified atom stereocenters. The van der Waals surface area contributed by atoms with E-state index in [0.29, 0.717) is 8.95 Å². The summed E-state index contributed by atoms with van der Waals surface area (Å²) in [5.41, 5.74) is 5.49. The van der Waals surface area contributed by atoms with E-state index in [0.717, 1.165) is 0 Å². The van der Waals surface area contributed by atoms with Gasteiger partial charge < -0.3 is 15.4 Å². The Balaban J connectivity index is 2.14. The lowest BCUT2D eigenvalue weighted by molar-refractivity contribution is 0.0192. The molecule has 1 heterocycles. The van der Waals surface area contributed by atoms with Gasteiger partial charge in [0.25, 0.3) is 0 Å². The van der Waals surface area contributed by atoms with Crippen LogP contribution < -0.4 is 5.73 Å². The Labute approximate surface area is 164 Å². The Hall–Kier alpha value is -0.840. The first kappa shape index (κ1) is 20.5. The summed E-state index contributed by atoms with van der Waals surface area (Å²) >= 11 is 6.55. The number of anilines is 1. The summed E-state index contributed by atoms with van der Waals surface area (Å²) in [5, 5.41) is 0. The van der Waals surface area contributed by atoms with Crippen LogP contribution in [0, 0.1) is 0 Å². The van der Waals surface area contributed by atoms with Crippen molar-refractivity contribution in [1.82, 2.24) is 9.21 Å². The van der Waals surface area contributed by atoms with E-state index in [1.165, 1.54) is 9.21 Å². The maximum Gasteiger partial charge on any atom is 0.410 e. The van der Waals surface area contributed by atoms with Gasteiger partial charge in [-0.1, -0.05) is 15.9 Å². The first-order valence-corrected chi connectivity index (χ1v) is 10.7. The second-order valence-electron chi connectivity index (χ2n) is 6.68. The average Bonchev–Trinajstić information content (AvgIpc) is 2.44. The predicted molar refractivity (Wildman–Crippen MR) is 103 cm³/mol. The minimum Gasteiger partial charge on any atom is -0.444 e. The van der Waals surface area contributed by atoms with Crippen molar-refractivity contribution >= 4 is 53.7 Å². The van der Waals surface area contributed by atoms with E-state index in [2.05, 4.69) is 31.9 Å². The lowest BCUT2D eigenvalue weighted by Crippen LogP contribution is -2.51. The maximum absolute atomic E-state index is 12.9. The van der Waals surface area contributed by atoms with Crippen LogP contribution in [0.4, 0.5) is 10.5 Å².